The second kappa shape index (κ2) is 37.5. The third kappa shape index (κ3) is 39.5. The second-order valence-electron chi connectivity index (χ2n) is 8.65. The molecule has 0 radical (unpaired) electrons. The van der Waals surface area contributed by atoms with E-state index in [0.29, 0.717) is 159 Å². The predicted molar refractivity (Wildman–Crippen MR) is 152 cm³/mol. The van der Waals surface area contributed by atoms with Gasteiger partial charge in [-0.05, 0) is 13.8 Å². The first-order valence-electron chi connectivity index (χ1n) is 14.7. The molecule has 0 aromatic heterocycles. The Bertz CT molecular complexity index is 461. The molecular formula is C28H58O13. The van der Waals surface area contributed by atoms with E-state index in [9.17, 15) is 0 Å². The van der Waals surface area contributed by atoms with Gasteiger partial charge < -0.3 is 61.6 Å². The summed E-state index contributed by atoms with van der Waals surface area (Å²) in [6, 6.07) is 0. The molecular weight excluding hydrogens is 544 g/mol. The van der Waals surface area contributed by atoms with Gasteiger partial charge in [-0.1, -0.05) is 0 Å². The number of methoxy groups -OCH3 is 1. The van der Waals surface area contributed by atoms with Gasteiger partial charge in [0.25, 0.3) is 0 Å². The summed E-state index contributed by atoms with van der Waals surface area (Å²) in [5, 5.41) is 0. The molecule has 13 nitrogen and oxygen atoms in total. The van der Waals surface area contributed by atoms with Crippen molar-refractivity contribution in [3.05, 3.63) is 0 Å². The van der Waals surface area contributed by atoms with Gasteiger partial charge in [0.15, 0.2) is 0 Å². The molecule has 41 heavy (non-hydrogen) atoms. The van der Waals surface area contributed by atoms with Crippen LogP contribution in [-0.2, 0) is 61.6 Å². The molecule has 0 spiro atoms. The first-order valence-corrected chi connectivity index (χ1v) is 14.7. The average Bonchev–Trinajstić information content (AvgIpc) is 2.97. The quantitative estimate of drug-likeness (QED) is 0.0950. The Morgan fingerprint density at radius 2 is 0.439 bits per heavy atom. The largest absolute Gasteiger partial charge is 0.382 e. The normalized spacial score (nSPS) is 11.7. The van der Waals surface area contributed by atoms with E-state index in [4.69, 9.17) is 61.6 Å². The summed E-state index contributed by atoms with van der Waals surface area (Å²) in [5.74, 6) is 0. The molecule has 248 valence electrons. The first kappa shape index (κ1) is 40.5. The molecule has 0 aliphatic heterocycles. The van der Waals surface area contributed by atoms with Crippen molar-refractivity contribution in [2.45, 2.75) is 20.0 Å². The second-order valence-corrected chi connectivity index (χ2v) is 8.65. The summed E-state index contributed by atoms with van der Waals surface area (Å²) in [5.41, 5.74) is 0. The Hall–Kier alpha value is -0.520. The molecule has 0 amide bonds. The van der Waals surface area contributed by atoms with E-state index in [2.05, 4.69) is 0 Å². The standard InChI is InChI=1S/C28H58O13/c1-28(2)41-27-26-40-25-24-39-23-22-38-21-20-37-19-18-36-17-16-35-15-14-34-13-12-33-11-10-32-9-8-31-7-6-30-5-4-29-3/h28H,4-27H2,1-3H3. The monoisotopic (exact) mass is 602 g/mol. The van der Waals surface area contributed by atoms with E-state index < -0.39 is 0 Å². The fourth-order valence-electron chi connectivity index (χ4n) is 2.79. The van der Waals surface area contributed by atoms with Crippen molar-refractivity contribution in [3.8, 4) is 0 Å². The van der Waals surface area contributed by atoms with Crippen LogP contribution in [0.5, 0.6) is 0 Å². The minimum Gasteiger partial charge on any atom is -0.382 e. The summed E-state index contributed by atoms with van der Waals surface area (Å²) < 4.78 is 70.0. The molecule has 0 atom stereocenters. The van der Waals surface area contributed by atoms with Crippen LogP contribution in [0.4, 0.5) is 0 Å². The molecule has 0 N–H and O–H groups in total. The molecule has 0 saturated carbocycles. The van der Waals surface area contributed by atoms with E-state index in [1.54, 1.807) is 7.11 Å². The Labute approximate surface area is 247 Å². The Kier molecular flexibility index (Phi) is 37.0. The summed E-state index contributed by atoms with van der Waals surface area (Å²) in [6.45, 7) is 17.0. The lowest BCUT2D eigenvalue weighted by Crippen LogP contribution is -2.15. The summed E-state index contributed by atoms with van der Waals surface area (Å²) in [7, 11) is 1.65. The fourth-order valence-corrected chi connectivity index (χ4v) is 2.79. The van der Waals surface area contributed by atoms with Crippen molar-refractivity contribution in [1.29, 1.82) is 0 Å². The molecule has 0 aliphatic rings. The molecule has 13 heteroatoms. The lowest BCUT2D eigenvalue weighted by Gasteiger charge is -2.09. The van der Waals surface area contributed by atoms with E-state index in [0.717, 1.165) is 0 Å². The van der Waals surface area contributed by atoms with Crippen molar-refractivity contribution in [1.82, 2.24) is 0 Å². The maximum absolute atomic E-state index is 5.47. The fraction of sp³-hybridized carbons (Fsp3) is 1.00. The molecule has 0 aromatic carbocycles. The van der Waals surface area contributed by atoms with Gasteiger partial charge in [-0.3, -0.25) is 0 Å². The molecule has 0 heterocycles. The predicted octanol–water partition coefficient (Wildman–Crippen LogP) is 1.24. The van der Waals surface area contributed by atoms with Crippen molar-refractivity contribution in [3.63, 3.8) is 0 Å². The topological polar surface area (TPSA) is 120 Å². The van der Waals surface area contributed by atoms with Crippen LogP contribution in [0.1, 0.15) is 13.8 Å². The van der Waals surface area contributed by atoms with Crippen molar-refractivity contribution < 1.29 is 61.6 Å². The van der Waals surface area contributed by atoms with Crippen LogP contribution in [0, 0.1) is 0 Å². The molecule has 0 bridgehead atoms. The van der Waals surface area contributed by atoms with Gasteiger partial charge in [-0.15, -0.1) is 0 Å². The SMILES string of the molecule is COCCOCCOCCOCCOCCOCCOCCOCCOCCOCCOCCOCCOC(C)C. The molecule has 0 aliphatic carbocycles. The summed E-state index contributed by atoms with van der Waals surface area (Å²) in [6.07, 6.45) is 0.232. The van der Waals surface area contributed by atoms with Crippen LogP contribution in [0.25, 0.3) is 0 Å². The van der Waals surface area contributed by atoms with Gasteiger partial charge in [0.05, 0.1) is 165 Å². The highest BCUT2D eigenvalue weighted by Gasteiger charge is 1.97. The maximum atomic E-state index is 5.47. The van der Waals surface area contributed by atoms with E-state index in [-0.39, 0.29) is 6.10 Å². The van der Waals surface area contributed by atoms with Crippen LogP contribution in [0.3, 0.4) is 0 Å². The third-order valence-electron chi connectivity index (χ3n) is 4.83. The van der Waals surface area contributed by atoms with E-state index in [1.165, 1.54) is 0 Å². The summed E-state index contributed by atoms with van der Waals surface area (Å²) >= 11 is 0. The first-order chi connectivity index (χ1) is 20.3. The van der Waals surface area contributed by atoms with Crippen LogP contribution < -0.4 is 0 Å². The van der Waals surface area contributed by atoms with Crippen molar-refractivity contribution in [2.24, 2.45) is 0 Å². The zero-order chi connectivity index (χ0) is 29.7. The number of rotatable bonds is 37. The number of hydrogen-bond donors (Lipinski definition) is 0. The van der Waals surface area contributed by atoms with Crippen LogP contribution in [0.15, 0.2) is 0 Å². The van der Waals surface area contributed by atoms with Crippen LogP contribution >= 0.6 is 0 Å². The smallest absolute Gasteiger partial charge is 0.0703 e. The lowest BCUT2D eigenvalue weighted by atomic mass is 10.5. The zero-order valence-electron chi connectivity index (χ0n) is 25.9. The Morgan fingerprint density at radius 3 is 0.610 bits per heavy atom. The minimum atomic E-state index is 0.232. The molecule has 0 unspecified atom stereocenters. The molecule has 0 aromatic rings. The molecule has 0 fully saturated rings. The highest BCUT2D eigenvalue weighted by Crippen LogP contribution is 1.89. The Balaban J connectivity index is 3.03. The van der Waals surface area contributed by atoms with Gasteiger partial charge in [0, 0.05) is 7.11 Å². The number of ether oxygens (including phenoxy) is 13. The van der Waals surface area contributed by atoms with Crippen LogP contribution in [-0.4, -0.2) is 172 Å². The molecule has 0 saturated heterocycles. The van der Waals surface area contributed by atoms with Gasteiger partial charge in [0.2, 0.25) is 0 Å². The summed E-state index contributed by atoms with van der Waals surface area (Å²) in [4.78, 5) is 0. The van der Waals surface area contributed by atoms with Crippen LogP contribution in [0.2, 0.25) is 0 Å². The minimum absolute atomic E-state index is 0.232. The van der Waals surface area contributed by atoms with E-state index in [1.807, 2.05) is 13.8 Å². The van der Waals surface area contributed by atoms with Gasteiger partial charge in [-0.25, -0.2) is 0 Å². The van der Waals surface area contributed by atoms with Crippen molar-refractivity contribution in [2.75, 3.05) is 166 Å². The third-order valence-corrected chi connectivity index (χ3v) is 4.83. The van der Waals surface area contributed by atoms with Gasteiger partial charge >= 0.3 is 0 Å². The average molecular weight is 603 g/mol. The van der Waals surface area contributed by atoms with Gasteiger partial charge in [-0.2, -0.15) is 0 Å². The van der Waals surface area contributed by atoms with Crippen molar-refractivity contribution >= 4 is 0 Å². The highest BCUT2D eigenvalue weighted by atomic mass is 16.6. The Morgan fingerprint density at radius 1 is 0.268 bits per heavy atom. The number of hydrogen-bond acceptors (Lipinski definition) is 13. The highest BCUT2D eigenvalue weighted by molar-refractivity contribution is 4.40. The lowest BCUT2D eigenvalue weighted by molar-refractivity contribution is -0.0296. The maximum Gasteiger partial charge on any atom is 0.0703 e. The molecule has 0 rings (SSSR count). The zero-order valence-corrected chi connectivity index (χ0v) is 25.9. The van der Waals surface area contributed by atoms with E-state index >= 15 is 0 Å². The van der Waals surface area contributed by atoms with Gasteiger partial charge in [0.1, 0.15) is 0 Å².